The van der Waals surface area contributed by atoms with Crippen molar-refractivity contribution in [2.24, 2.45) is 5.92 Å². The number of hydrogen-bond donors (Lipinski definition) is 3. The number of rotatable bonds is 3. The first-order chi connectivity index (χ1) is 9.90. The molecule has 2 rings (SSSR count). The highest BCUT2D eigenvalue weighted by atomic mass is 19.1. The van der Waals surface area contributed by atoms with Gasteiger partial charge < -0.3 is 15.7 Å². The first-order valence-corrected chi connectivity index (χ1v) is 6.66. The third-order valence-corrected chi connectivity index (χ3v) is 3.60. The Morgan fingerprint density at radius 3 is 2.67 bits per heavy atom. The molecule has 0 radical (unpaired) electrons. The molecule has 1 aromatic rings. The first-order valence-electron chi connectivity index (χ1n) is 6.66. The lowest BCUT2D eigenvalue weighted by Gasteiger charge is -2.29. The number of carboxylic acid groups (broad SMARTS) is 1. The third kappa shape index (κ3) is 3.36. The predicted molar refractivity (Wildman–Crippen MR) is 72.1 cm³/mol. The fraction of sp³-hybridized carbons (Fsp3) is 0.429. The molecule has 2 atom stereocenters. The summed E-state index contributed by atoms with van der Waals surface area (Å²) in [7, 11) is 0. The zero-order valence-electron chi connectivity index (χ0n) is 11.5. The van der Waals surface area contributed by atoms with E-state index >= 15 is 0 Å². The van der Waals surface area contributed by atoms with Gasteiger partial charge in [0, 0.05) is 6.07 Å². The Balaban J connectivity index is 2.20. The standard InChI is InChI=1S/C14H16F2N2O3/c1-7-3-2-4-17-12(7)13(19)18-11-5-8(14(20)21)9(15)6-10(11)16/h5-7,12,17H,2-4H2,1H3,(H,18,19)(H,20,21). The number of halogens is 2. The minimum atomic E-state index is -1.52. The molecule has 0 saturated carbocycles. The predicted octanol–water partition coefficient (Wildman–Crippen LogP) is 1.99. The SMILES string of the molecule is CC1CCCNC1C(=O)Nc1cc(C(=O)O)c(F)cc1F. The van der Waals surface area contributed by atoms with Crippen molar-refractivity contribution in [2.75, 3.05) is 11.9 Å². The highest BCUT2D eigenvalue weighted by molar-refractivity contribution is 5.97. The van der Waals surface area contributed by atoms with E-state index in [9.17, 15) is 18.4 Å². The highest BCUT2D eigenvalue weighted by Gasteiger charge is 2.28. The van der Waals surface area contributed by atoms with Crippen LogP contribution < -0.4 is 10.6 Å². The van der Waals surface area contributed by atoms with Gasteiger partial charge in [0.2, 0.25) is 5.91 Å². The van der Waals surface area contributed by atoms with Crippen LogP contribution in [-0.4, -0.2) is 29.6 Å². The van der Waals surface area contributed by atoms with Gasteiger partial charge >= 0.3 is 5.97 Å². The number of carbonyl (C=O) groups is 2. The second-order valence-electron chi connectivity index (χ2n) is 5.16. The summed E-state index contributed by atoms with van der Waals surface area (Å²) < 4.78 is 26.9. The van der Waals surface area contributed by atoms with E-state index in [0.29, 0.717) is 12.6 Å². The number of carboxylic acids is 1. The molecule has 1 aliphatic rings. The van der Waals surface area contributed by atoms with E-state index in [-0.39, 0.29) is 11.6 Å². The fourth-order valence-corrected chi connectivity index (χ4v) is 2.42. The highest BCUT2D eigenvalue weighted by Crippen LogP contribution is 2.22. The topological polar surface area (TPSA) is 78.4 Å². The normalized spacial score (nSPS) is 21.9. The lowest BCUT2D eigenvalue weighted by Crippen LogP contribution is -2.48. The second-order valence-corrected chi connectivity index (χ2v) is 5.16. The van der Waals surface area contributed by atoms with Crippen LogP contribution in [0.2, 0.25) is 0 Å². The van der Waals surface area contributed by atoms with E-state index < -0.39 is 35.1 Å². The smallest absolute Gasteiger partial charge is 0.338 e. The Labute approximate surface area is 120 Å². The molecular weight excluding hydrogens is 282 g/mol. The maximum atomic E-state index is 13.7. The van der Waals surface area contributed by atoms with Crippen molar-refractivity contribution in [2.45, 2.75) is 25.8 Å². The third-order valence-electron chi connectivity index (χ3n) is 3.60. The van der Waals surface area contributed by atoms with Gasteiger partial charge in [-0.25, -0.2) is 13.6 Å². The van der Waals surface area contributed by atoms with Gasteiger partial charge in [0.1, 0.15) is 11.6 Å². The minimum Gasteiger partial charge on any atom is -0.478 e. The molecule has 2 unspecified atom stereocenters. The summed E-state index contributed by atoms with van der Waals surface area (Å²) in [5.41, 5.74) is -1.02. The van der Waals surface area contributed by atoms with Crippen LogP contribution in [0, 0.1) is 17.6 Å². The van der Waals surface area contributed by atoms with Crippen LogP contribution >= 0.6 is 0 Å². The Bertz CT molecular complexity index is 578. The largest absolute Gasteiger partial charge is 0.478 e. The lowest BCUT2D eigenvalue weighted by molar-refractivity contribution is -0.119. The van der Waals surface area contributed by atoms with E-state index in [4.69, 9.17) is 5.11 Å². The van der Waals surface area contributed by atoms with Crippen LogP contribution in [0.5, 0.6) is 0 Å². The molecule has 0 spiro atoms. The summed E-state index contributed by atoms with van der Waals surface area (Å²) in [4.78, 5) is 23.0. The number of carbonyl (C=O) groups excluding carboxylic acids is 1. The van der Waals surface area contributed by atoms with E-state index in [2.05, 4.69) is 10.6 Å². The molecule has 5 nitrogen and oxygen atoms in total. The first kappa shape index (κ1) is 15.4. The van der Waals surface area contributed by atoms with Gasteiger partial charge in [-0.05, 0) is 31.4 Å². The molecule has 7 heteroatoms. The van der Waals surface area contributed by atoms with Crippen molar-refractivity contribution in [3.05, 3.63) is 29.3 Å². The summed E-state index contributed by atoms with van der Waals surface area (Å²) in [6, 6.07) is 0.770. The summed E-state index contributed by atoms with van der Waals surface area (Å²) in [5, 5.41) is 14.2. The van der Waals surface area contributed by atoms with Crippen molar-refractivity contribution >= 4 is 17.6 Å². The van der Waals surface area contributed by atoms with Crippen molar-refractivity contribution in [3.8, 4) is 0 Å². The van der Waals surface area contributed by atoms with Gasteiger partial charge in [0.05, 0.1) is 17.3 Å². The molecule has 114 valence electrons. The van der Waals surface area contributed by atoms with Gasteiger partial charge in [-0.3, -0.25) is 4.79 Å². The van der Waals surface area contributed by atoms with Crippen LogP contribution in [0.25, 0.3) is 0 Å². The lowest BCUT2D eigenvalue weighted by atomic mass is 9.92. The van der Waals surface area contributed by atoms with E-state index in [1.807, 2.05) is 6.92 Å². The van der Waals surface area contributed by atoms with Crippen LogP contribution in [0.15, 0.2) is 12.1 Å². The minimum absolute atomic E-state index is 0.0844. The molecule has 0 aromatic heterocycles. The van der Waals surface area contributed by atoms with E-state index in [1.165, 1.54) is 0 Å². The molecule has 3 N–H and O–H groups in total. The number of hydrogen-bond acceptors (Lipinski definition) is 3. The van der Waals surface area contributed by atoms with Crippen molar-refractivity contribution < 1.29 is 23.5 Å². The maximum Gasteiger partial charge on any atom is 0.338 e. The van der Waals surface area contributed by atoms with Crippen LogP contribution in [0.1, 0.15) is 30.1 Å². The fourth-order valence-electron chi connectivity index (χ4n) is 2.42. The molecule has 1 fully saturated rings. The number of benzene rings is 1. The molecule has 0 aliphatic carbocycles. The van der Waals surface area contributed by atoms with Gasteiger partial charge in [-0.1, -0.05) is 6.92 Å². The van der Waals surface area contributed by atoms with Gasteiger partial charge in [0.25, 0.3) is 0 Å². The number of nitrogens with one attached hydrogen (secondary N) is 2. The molecule has 21 heavy (non-hydrogen) atoms. The molecule has 1 saturated heterocycles. The second kappa shape index (κ2) is 6.17. The van der Waals surface area contributed by atoms with E-state index in [0.717, 1.165) is 18.9 Å². The maximum absolute atomic E-state index is 13.7. The molecule has 0 bridgehead atoms. The Hall–Kier alpha value is -2.02. The molecular formula is C14H16F2N2O3. The van der Waals surface area contributed by atoms with Gasteiger partial charge in [-0.2, -0.15) is 0 Å². The molecule has 1 heterocycles. The van der Waals surface area contributed by atoms with Crippen LogP contribution in [-0.2, 0) is 4.79 Å². The van der Waals surface area contributed by atoms with Gasteiger partial charge in [0.15, 0.2) is 0 Å². The van der Waals surface area contributed by atoms with Crippen molar-refractivity contribution in [1.29, 1.82) is 0 Å². The Kier molecular flexibility index (Phi) is 4.52. The van der Waals surface area contributed by atoms with Crippen molar-refractivity contribution in [1.82, 2.24) is 5.32 Å². The summed E-state index contributed by atoms with van der Waals surface area (Å²) in [6.45, 7) is 2.59. The summed E-state index contributed by atoms with van der Waals surface area (Å²) >= 11 is 0. The van der Waals surface area contributed by atoms with Crippen LogP contribution in [0.4, 0.5) is 14.5 Å². The van der Waals surface area contributed by atoms with Crippen molar-refractivity contribution in [3.63, 3.8) is 0 Å². The average molecular weight is 298 g/mol. The van der Waals surface area contributed by atoms with Gasteiger partial charge in [-0.15, -0.1) is 0 Å². The Morgan fingerprint density at radius 1 is 1.33 bits per heavy atom. The van der Waals surface area contributed by atoms with Crippen LogP contribution in [0.3, 0.4) is 0 Å². The molecule has 1 amide bonds. The zero-order valence-corrected chi connectivity index (χ0v) is 11.5. The monoisotopic (exact) mass is 298 g/mol. The number of anilines is 1. The number of aromatic carboxylic acids is 1. The quantitative estimate of drug-likeness (QED) is 0.797. The van der Waals surface area contributed by atoms with E-state index in [1.54, 1.807) is 0 Å². The summed E-state index contributed by atoms with van der Waals surface area (Å²) in [5.74, 6) is -4.08. The molecule has 1 aromatic carbocycles. The zero-order chi connectivity index (χ0) is 15.6. The number of amides is 1. The number of piperidine rings is 1. The average Bonchev–Trinajstić information content (AvgIpc) is 2.41. The summed E-state index contributed by atoms with van der Waals surface area (Å²) in [6.07, 6.45) is 1.83. The Morgan fingerprint density at radius 2 is 2.05 bits per heavy atom. The molecule has 1 aliphatic heterocycles.